The zero-order valence-electron chi connectivity index (χ0n) is 12.1. The third-order valence-electron chi connectivity index (χ3n) is 3.48. The van der Waals surface area contributed by atoms with Gasteiger partial charge in [0.1, 0.15) is 11.9 Å². The van der Waals surface area contributed by atoms with Gasteiger partial charge in [-0.1, -0.05) is 32.1 Å². The Kier molecular flexibility index (Phi) is 4.15. The monoisotopic (exact) mass is 260 g/mol. The quantitative estimate of drug-likeness (QED) is 0.846. The molecule has 1 aromatic carbocycles. The minimum atomic E-state index is 0.222. The molecule has 1 aliphatic heterocycles. The van der Waals surface area contributed by atoms with Crippen molar-refractivity contribution < 1.29 is 4.74 Å². The second-order valence-corrected chi connectivity index (χ2v) is 5.74. The van der Waals surface area contributed by atoms with E-state index in [1.807, 2.05) is 0 Å². The fraction of sp³-hybridized carbons (Fsp3) is 0.500. The fourth-order valence-electron chi connectivity index (χ4n) is 2.38. The van der Waals surface area contributed by atoms with Gasteiger partial charge >= 0.3 is 0 Å². The molecule has 19 heavy (non-hydrogen) atoms. The predicted octanol–water partition coefficient (Wildman–Crippen LogP) is 2.94. The average Bonchev–Trinajstić information content (AvgIpc) is 2.37. The first kappa shape index (κ1) is 13.9. The van der Waals surface area contributed by atoms with Gasteiger partial charge in [0.05, 0.1) is 12.2 Å². The van der Waals surface area contributed by atoms with E-state index in [1.54, 1.807) is 0 Å². The van der Waals surface area contributed by atoms with Gasteiger partial charge in [-0.05, 0) is 30.5 Å². The summed E-state index contributed by atoms with van der Waals surface area (Å²) in [6.45, 7) is 12.8. The van der Waals surface area contributed by atoms with Gasteiger partial charge in [-0.15, -0.1) is 0 Å². The molecular formula is C16H24N2O. The van der Waals surface area contributed by atoms with Crippen molar-refractivity contribution in [2.24, 2.45) is 11.7 Å². The molecule has 0 aromatic heterocycles. The normalized spacial score (nSPS) is 18.2. The Morgan fingerprint density at radius 3 is 2.84 bits per heavy atom. The maximum atomic E-state index is 6.12. The molecular weight excluding hydrogens is 236 g/mol. The molecule has 3 nitrogen and oxygen atoms in total. The van der Waals surface area contributed by atoms with Gasteiger partial charge in [-0.3, -0.25) is 0 Å². The van der Waals surface area contributed by atoms with Crippen LogP contribution < -0.4 is 15.4 Å². The van der Waals surface area contributed by atoms with Gasteiger partial charge in [0.25, 0.3) is 0 Å². The lowest BCUT2D eigenvalue weighted by Crippen LogP contribution is -2.43. The largest absolute Gasteiger partial charge is 0.486 e. The molecule has 0 spiro atoms. The van der Waals surface area contributed by atoms with Crippen molar-refractivity contribution in [3.63, 3.8) is 0 Å². The first-order valence-corrected chi connectivity index (χ1v) is 6.90. The van der Waals surface area contributed by atoms with Crippen molar-refractivity contribution in [1.29, 1.82) is 0 Å². The zero-order chi connectivity index (χ0) is 14.0. The van der Waals surface area contributed by atoms with E-state index < -0.39 is 0 Å². The highest BCUT2D eigenvalue weighted by Gasteiger charge is 2.27. The van der Waals surface area contributed by atoms with E-state index in [0.29, 0.717) is 12.5 Å². The van der Waals surface area contributed by atoms with E-state index in [4.69, 9.17) is 10.5 Å². The number of nitrogens with zero attached hydrogens (tertiary/aromatic N) is 1. The molecule has 0 saturated heterocycles. The summed E-state index contributed by atoms with van der Waals surface area (Å²) >= 11 is 0. The molecule has 1 aromatic rings. The standard InChI is InChI=1S/C16H24N2O/c1-11(2)9-18-10-16(12(3)4)19-15-7-13(8-17)5-6-14(15)18/h5-7,12,16H,1,8-10,17H2,2-4H3. The van der Waals surface area contributed by atoms with Crippen molar-refractivity contribution in [3.8, 4) is 5.75 Å². The maximum Gasteiger partial charge on any atom is 0.143 e. The Hall–Kier alpha value is -1.48. The minimum absolute atomic E-state index is 0.222. The second kappa shape index (κ2) is 5.66. The van der Waals surface area contributed by atoms with E-state index in [2.05, 4.69) is 50.4 Å². The highest BCUT2D eigenvalue weighted by Crippen LogP contribution is 2.36. The Morgan fingerprint density at radius 2 is 2.26 bits per heavy atom. The molecule has 2 rings (SSSR count). The van der Waals surface area contributed by atoms with Crippen LogP contribution in [0.2, 0.25) is 0 Å². The molecule has 1 aliphatic rings. The number of anilines is 1. The topological polar surface area (TPSA) is 38.5 Å². The SMILES string of the molecule is C=C(C)CN1CC(C(C)C)Oc2cc(CN)ccc21. The molecule has 104 valence electrons. The summed E-state index contributed by atoms with van der Waals surface area (Å²) < 4.78 is 6.12. The smallest absolute Gasteiger partial charge is 0.143 e. The molecule has 0 fully saturated rings. The Morgan fingerprint density at radius 1 is 1.53 bits per heavy atom. The van der Waals surface area contributed by atoms with Gasteiger partial charge in [0.15, 0.2) is 0 Å². The van der Waals surface area contributed by atoms with Crippen molar-refractivity contribution in [2.75, 3.05) is 18.0 Å². The number of nitrogens with two attached hydrogens (primary N) is 1. The molecule has 2 N–H and O–H groups in total. The highest BCUT2D eigenvalue weighted by molar-refractivity contribution is 5.62. The molecule has 1 heterocycles. The van der Waals surface area contributed by atoms with Gasteiger partial charge in [0, 0.05) is 13.1 Å². The summed E-state index contributed by atoms with van der Waals surface area (Å²) in [7, 11) is 0. The van der Waals surface area contributed by atoms with Crippen molar-refractivity contribution >= 4 is 5.69 Å². The molecule has 0 bridgehead atoms. The van der Waals surface area contributed by atoms with E-state index in [1.165, 1.54) is 5.57 Å². The first-order valence-electron chi connectivity index (χ1n) is 6.90. The van der Waals surface area contributed by atoms with Crippen LogP contribution >= 0.6 is 0 Å². The number of hydrogen-bond acceptors (Lipinski definition) is 3. The minimum Gasteiger partial charge on any atom is -0.486 e. The van der Waals surface area contributed by atoms with Crippen molar-refractivity contribution in [3.05, 3.63) is 35.9 Å². The van der Waals surface area contributed by atoms with Gasteiger partial charge in [0.2, 0.25) is 0 Å². The third-order valence-corrected chi connectivity index (χ3v) is 3.48. The summed E-state index contributed by atoms with van der Waals surface area (Å²) in [5.74, 6) is 1.44. The lowest BCUT2D eigenvalue weighted by Gasteiger charge is -2.38. The van der Waals surface area contributed by atoms with E-state index in [9.17, 15) is 0 Å². The van der Waals surface area contributed by atoms with Gasteiger partial charge in [-0.2, -0.15) is 0 Å². The number of rotatable bonds is 4. The highest BCUT2D eigenvalue weighted by atomic mass is 16.5. The first-order chi connectivity index (χ1) is 9.01. The molecule has 0 aliphatic carbocycles. The molecule has 0 amide bonds. The number of ether oxygens (including phenoxy) is 1. The predicted molar refractivity (Wildman–Crippen MR) is 80.6 cm³/mol. The summed E-state index contributed by atoms with van der Waals surface area (Å²) in [5, 5.41) is 0. The van der Waals surface area contributed by atoms with Crippen LogP contribution in [0.5, 0.6) is 5.75 Å². The second-order valence-electron chi connectivity index (χ2n) is 5.74. The maximum absolute atomic E-state index is 6.12. The summed E-state index contributed by atoms with van der Waals surface area (Å²) in [6.07, 6.45) is 0.222. The average molecular weight is 260 g/mol. The van der Waals surface area contributed by atoms with Crippen LogP contribution in [0.25, 0.3) is 0 Å². The lowest BCUT2D eigenvalue weighted by molar-refractivity contribution is 0.146. The van der Waals surface area contributed by atoms with Crippen molar-refractivity contribution in [1.82, 2.24) is 0 Å². The van der Waals surface area contributed by atoms with Gasteiger partial charge in [-0.25, -0.2) is 0 Å². The van der Waals surface area contributed by atoms with Gasteiger partial charge < -0.3 is 15.4 Å². The lowest BCUT2D eigenvalue weighted by atomic mass is 10.0. The fourth-order valence-corrected chi connectivity index (χ4v) is 2.38. The van der Waals surface area contributed by atoms with Crippen LogP contribution in [-0.4, -0.2) is 19.2 Å². The van der Waals surface area contributed by atoms with E-state index >= 15 is 0 Å². The molecule has 3 heteroatoms. The van der Waals surface area contributed by atoms with E-state index in [-0.39, 0.29) is 6.10 Å². The molecule has 1 unspecified atom stereocenters. The van der Waals surface area contributed by atoms with Crippen LogP contribution in [0.3, 0.4) is 0 Å². The van der Waals surface area contributed by atoms with Crippen molar-refractivity contribution in [2.45, 2.75) is 33.4 Å². The van der Waals surface area contributed by atoms with Crippen LogP contribution in [-0.2, 0) is 6.54 Å². The van der Waals surface area contributed by atoms with Crippen LogP contribution in [0.4, 0.5) is 5.69 Å². The summed E-state index contributed by atoms with van der Waals surface area (Å²) in [4.78, 5) is 2.35. The molecule has 0 radical (unpaired) electrons. The summed E-state index contributed by atoms with van der Waals surface area (Å²) in [5.41, 5.74) is 9.13. The van der Waals surface area contributed by atoms with Crippen LogP contribution in [0, 0.1) is 5.92 Å². The Labute approximate surface area is 116 Å². The Bertz CT molecular complexity index is 468. The van der Waals surface area contributed by atoms with E-state index in [0.717, 1.165) is 30.1 Å². The Balaban J connectivity index is 2.34. The molecule has 0 saturated carbocycles. The zero-order valence-corrected chi connectivity index (χ0v) is 12.1. The number of hydrogen-bond donors (Lipinski definition) is 1. The third kappa shape index (κ3) is 3.10. The van der Waals surface area contributed by atoms with Crippen LogP contribution in [0.15, 0.2) is 30.4 Å². The number of benzene rings is 1. The molecule has 1 atom stereocenters. The van der Waals surface area contributed by atoms with Crippen LogP contribution in [0.1, 0.15) is 26.3 Å². The summed E-state index contributed by atoms with van der Waals surface area (Å²) in [6, 6.07) is 6.25. The number of fused-ring (bicyclic) bond motifs is 1.